The van der Waals surface area contributed by atoms with Crippen LogP contribution in [0.25, 0.3) is 0 Å². The molecule has 0 unspecified atom stereocenters. The highest BCUT2D eigenvalue weighted by atomic mass is 15.3. The average Bonchev–Trinajstić information content (AvgIpc) is 2.74. The van der Waals surface area contributed by atoms with Crippen molar-refractivity contribution in [3.63, 3.8) is 0 Å². The number of nitrogens with zero attached hydrogens (tertiary/aromatic N) is 6. The second-order valence-corrected chi connectivity index (χ2v) is 8.61. The van der Waals surface area contributed by atoms with Gasteiger partial charge in [-0.15, -0.1) is 0 Å². The molecule has 0 atom stereocenters. The third-order valence-electron chi connectivity index (χ3n) is 4.95. The van der Waals surface area contributed by atoms with Gasteiger partial charge in [0.1, 0.15) is 0 Å². The first-order valence-electron chi connectivity index (χ1n) is 11.5. The van der Waals surface area contributed by atoms with E-state index in [1.54, 1.807) is 0 Å². The van der Waals surface area contributed by atoms with Crippen molar-refractivity contribution in [2.75, 3.05) is 82.2 Å². The van der Waals surface area contributed by atoms with Gasteiger partial charge in [-0.25, -0.2) is 0 Å². The fraction of sp³-hybridized carbons (Fsp3) is 0.609. The molecule has 1 aromatic carbocycles. The lowest BCUT2D eigenvalue weighted by molar-refractivity contribution is 0.389. The number of aromatic nitrogens is 3. The topological polar surface area (TPSA) is 98.5 Å². The predicted molar refractivity (Wildman–Crippen MR) is 136 cm³/mol. The van der Waals surface area contributed by atoms with Gasteiger partial charge in [0, 0.05) is 31.0 Å². The highest BCUT2D eigenvalue weighted by molar-refractivity contribution is 5.58. The molecule has 1 aromatic heterocycles. The highest BCUT2D eigenvalue weighted by Crippen LogP contribution is 2.19. The lowest BCUT2D eigenvalue weighted by atomic mass is 10.3. The van der Waals surface area contributed by atoms with E-state index in [4.69, 9.17) is 15.7 Å². The van der Waals surface area contributed by atoms with Crippen LogP contribution in [-0.2, 0) is 0 Å². The van der Waals surface area contributed by atoms with Gasteiger partial charge in [-0.3, -0.25) is 0 Å². The SMILES string of the molecule is CCCCNc1nc(Nc2ccc(N)cc2)nc(N(CCCN(C)C)CCCN(C)C)n1. The zero-order chi connectivity index (χ0) is 23.3. The molecule has 9 nitrogen and oxygen atoms in total. The van der Waals surface area contributed by atoms with Crippen LogP contribution >= 0.6 is 0 Å². The Kier molecular flexibility index (Phi) is 11.0. The Bertz CT molecular complexity index is 764. The lowest BCUT2D eigenvalue weighted by Gasteiger charge is -2.25. The standard InChI is InChI=1S/C23H41N9/c1-6-7-14-25-21-27-22(26-20-12-10-19(24)11-13-20)29-23(28-21)32(17-8-15-30(2)3)18-9-16-31(4)5/h10-13H,6-9,14-18,24H2,1-5H3,(H2,25,26,27,28,29). The number of unbranched alkanes of at least 4 members (excludes halogenated alkanes) is 1. The average molecular weight is 444 g/mol. The number of nitrogen functional groups attached to an aromatic ring is 1. The van der Waals surface area contributed by atoms with Crippen molar-refractivity contribution in [3.8, 4) is 0 Å². The summed E-state index contributed by atoms with van der Waals surface area (Å²) < 4.78 is 0. The van der Waals surface area contributed by atoms with Crippen LogP contribution in [0.5, 0.6) is 0 Å². The smallest absolute Gasteiger partial charge is 0.233 e. The molecule has 0 radical (unpaired) electrons. The third kappa shape index (κ3) is 9.65. The summed E-state index contributed by atoms with van der Waals surface area (Å²) in [6.45, 7) is 6.84. The molecule has 178 valence electrons. The summed E-state index contributed by atoms with van der Waals surface area (Å²) in [5, 5.41) is 6.66. The van der Waals surface area contributed by atoms with Gasteiger partial charge in [-0.2, -0.15) is 15.0 Å². The largest absolute Gasteiger partial charge is 0.399 e. The van der Waals surface area contributed by atoms with Crippen molar-refractivity contribution in [3.05, 3.63) is 24.3 Å². The van der Waals surface area contributed by atoms with E-state index in [0.717, 1.165) is 69.8 Å². The van der Waals surface area contributed by atoms with Gasteiger partial charge in [-0.1, -0.05) is 13.3 Å². The molecule has 4 N–H and O–H groups in total. The Hall–Kier alpha value is -2.65. The van der Waals surface area contributed by atoms with Crippen molar-refractivity contribution in [1.29, 1.82) is 0 Å². The van der Waals surface area contributed by atoms with Crippen LogP contribution in [0.2, 0.25) is 0 Å². The zero-order valence-electron chi connectivity index (χ0n) is 20.4. The Morgan fingerprint density at radius 1 is 0.781 bits per heavy atom. The number of hydrogen-bond acceptors (Lipinski definition) is 9. The van der Waals surface area contributed by atoms with Gasteiger partial charge >= 0.3 is 0 Å². The highest BCUT2D eigenvalue weighted by Gasteiger charge is 2.14. The molecule has 0 amide bonds. The van der Waals surface area contributed by atoms with E-state index in [9.17, 15) is 0 Å². The van der Waals surface area contributed by atoms with Crippen molar-refractivity contribution >= 4 is 29.2 Å². The summed E-state index contributed by atoms with van der Waals surface area (Å²) in [5.74, 6) is 1.84. The lowest BCUT2D eigenvalue weighted by Crippen LogP contribution is -2.32. The molecule has 0 aliphatic carbocycles. The summed E-state index contributed by atoms with van der Waals surface area (Å²) in [5.41, 5.74) is 7.43. The molecule has 1 heterocycles. The summed E-state index contributed by atoms with van der Waals surface area (Å²) in [6.07, 6.45) is 4.26. The van der Waals surface area contributed by atoms with Crippen LogP contribution in [0.15, 0.2) is 24.3 Å². The fourth-order valence-corrected chi connectivity index (χ4v) is 3.18. The molecule has 0 fully saturated rings. The summed E-state index contributed by atoms with van der Waals surface area (Å²) in [4.78, 5) is 20.8. The summed E-state index contributed by atoms with van der Waals surface area (Å²) >= 11 is 0. The number of nitrogens with two attached hydrogens (primary N) is 1. The molecule has 2 aromatic rings. The van der Waals surface area contributed by atoms with Gasteiger partial charge in [0.2, 0.25) is 17.8 Å². The second-order valence-electron chi connectivity index (χ2n) is 8.61. The van der Waals surface area contributed by atoms with Crippen molar-refractivity contribution in [2.24, 2.45) is 0 Å². The molecule has 0 spiro atoms. The molecule has 0 aliphatic heterocycles. The van der Waals surface area contributed by atoms with Crippen molar-refractivity contribution in [2.45, 2.75) is 32.6 Å². The van der Waals surface area contributed by atoms with E-state index < -0.39 is 0 Å². The van der Waals surface area contributed by atoms with Gasteiger partial charge in [-0.05, 0) is 84.8 Å². The summed E-state index contributed by atoms with van der Waals surface area (Å²) in [6, 6.07) is 7.57. The first-order chi connectivity index (χ1) is 15.4. The Balaban J connectivity index is 2.25. The summed E-state index contributed by atoms with van der Waals surface area (Å²) in [7, 11) is 8.40. The van der Waals surface area contributed by atoms with Gasteiger partial charge in [0.05, 0.1) is 0 Å². The number of benzene rings is 1. The minimum absolute atomic E-state index is 0.531. The minimum Gasteiger partial charge on any atom is -0.399 e. The molecule has 32 heavy (non-hydrogen) atoms. The fourth-order valence-electron chi connectivity index (χ4n) is 3.18. The van der Waals surface area contributed by atoms with Crippen LogP contribution in [0.3, 0.4) is 0 Å². The van der Waals surface area contributed by atoms with Crippen LogP contribution in [0.4, 0.5) is 29.2 Å². The maximum Gasteiger partial charge on any atom is 0.233 e. The number of rotatable bonds is 15. The van der Waals surface area contributed by atoms with E-state index in [1.807, 2.05) is 24.3 Å². The zero-order valence-corrected chi connectivity index (χ0v) is 20.4. The minimum atomic E-state index is 0.531. The van der Waals surface area contributed by atoms with Crippen molar-refractivity contribution in [1.82, 2.24) is 24.8 Å². The van der Waals surface area contributed by atoms with E-state index >= 15 is 0 Å². The van der Waals surface area contributed by atoms with Gasteiger partial charge < -0.3 is 31.1 Å². The quantitative estimate of drug-likeness (QED) is 0.283. The second kappa shape index (κ2) is 13.7. The van der Waals surface area contributed by atoms with Crippen LogP contribution in [0.1, 0.15) is 32.6 Å². The predicted octanol–water partition coefficient (Wildman–Crippen LogP) is 3.12. The number of hydrogen-bond donors (Lipinski definition) is 3. The first kappa shape index (κ1) is 25.6. The van der Waals surface area contributed by atoms with E-state index in [-0.39, 0.29) is 0 Å². The van der Waals surface area contributed by atoms with E-state index in [0.29, 0.717) is 17.8 Å². The van der Waals surface area contributed by atoms with Crippen LogP contribution < -0.4 is 21.3 Å². The monoisotopic (exact) mass is 443 g/mol. The molecular weight excluding hydrogens is 402 g/mol. The Morgan fingerprint density at radius 3 is 1.94 bits per heavy atom. The molecule has 0 aliphatic rings. The molecule has 2 rings (SSSR count). The molecule has 0 saturated carbocycles. The maximum absolute atomic E-state index is 5.82. The van der Waals surface area contributed by atoms with Crippen LogP contribution in [0, 0.1) is 0 Å². The first-order valence-corrected chi connectivity index (χ1v) is 11.5. The maximum atomic E-state index is 5.82. The number of nitrogens with one attached hydrogen (secondary N) is 2. The molecule has 0 bridgehead atoms. The van der Waals surface area contributed by atoms with E-state index in [1.165, 1.54) is 0 Å². The Labute approximate surface area is 193 Å². The van der Waals surface area contributed by atoms with Gasteiger partial charge in [0.25, 0.3) is 0 Å². The normalized spacial score (nSPS) is 11.2. The van der Waals surface area contributed by atoms with Crippen molar-refractivity contribution < 1.29 is 0 Å². The van der Waals surface area contributed by atoms with Gasteiger partial charge in [0.15, 0.2) is 0 Å². The number of anilines is 5. The Morgan fingerprint density at radius 2 is 1.38 bits per heavy atom. The molecular formula is C23H41N9. The molecule has 9 heteroatoms. The molecule has 0 saturated heterocycles. The third-order valence-corrected chi connectivity index (χ3v) is 4.95. The van der Waals surface area contributed by atoms with E-state index in [2.05, 4.69) is 65.4 Å². The van der Waals surface area contributed by atoms with Crippen LogP contribution in [-0.4, -0.2) is 85.7 Å².